The van der Waals surface area contributed by atoms with Gasteiger partial charge in [0.05, 0.1) is 12.3 Å². The van der Waals surface area contributed by atoms with E-state index in [0.717, 1.165) is 24.8 Å². The molecule has 0 saturated carbocycles. The molecule has 19 heavy (non-hydrogen) atoms. The van der Waals surface area contributed by atoms with E-state index in [0.29, 0.717) is 13.0 Å². The monoisotopic (exact) mass is 257 g/mol. The minimum atomic E-state index is -0.780. The Bertz CT molecular complexity index is 629. The number of ether oxygens (including phenoxy) is 1. The highest BCUT2D eigenvalue weighted by molar-refractivity contribution is 5.89. The molecule has 0 aliphatic carbocycles. The molecule has 0 unspecified atom stereocenters. The van der Waals surface area contributed by atoms with E-state index < -0.39 is 5.60 Å². The summed E-state index contributed by atoms with van der Waals surface area (Å²) in [5.74, 6) is 0. The molecule has 1 aromatic heterocycles. The number of aldehydes is 1. The van der Waals surface area contributed by atoms with Gasteiger partial charge in [-0.05, 0) is 30.4 Å². The van der Waals surface area contributed by atoms with Gasteiger partial charge in [0.2, 0.25) is 0 Å². The number of carbonyl (C=O) groups is 1. The van der Waals surface area contributed by atoms with Gasteiger partial charge >= 0.3 is 0 Å². The van der Waals surface area contributed by atoms with E-state index in [-0.39, 0.29) is 0 Å². The van der Waals surface area contributed by atoms with Gasteiger partial charge in [-0.15, -0.1) is 0 Å². The number of aromatic nitrogens is 1. The molecule has 0 spiro atoms. The molecule has 100 valence electrons. The molecular formula is C16H19NO2. The molecule has 3 heteroatoms. The second-order valence-corrected chi connectivity index (χ2v) is 5.13. The molecule has 3 nitrogen and oxygen atoms in total. The van der Waals surface area contributed by atoms with E-state index in [9.17, 15) is 4.79 Å². The van der Waals surface area contributed by atoms with Crippen LogP contribution in [0.15, 0.2) is 18.2 Å². The average molecular weight is 257 g/mol. The van der Waals surface area contributed by atoms with Gasteiger partial charge in [0.25, 0.3) is 0 Å². The van der Waals surface area contributed by atoms with Crippen molar-refractivity contribution >= 4 is 17.2 Å². The highest BCUT2D eigenvalue weighted by Gasteiger charge is 2.38. The summed E-state index contributed by atoms with van der Waals surface area (Å²) in [5.41, 5.74) is 3.90. The molecule has 1 N–H and O–H groups in total. The summed E-state index contributed by atoms with van der Waals surface area (Å²) in [6, 6.07) is 6.37. The Morgan fingerprint density at radius 3 is 2.95 bits per heavy atom. The molecule has 0 amide bonds. The maximum absolute atomic E-state index is 11.6. The maximum Gasteiger partial charge on any atom is 0.163 e. The van der Waals surface area contributed by atoms with Crippen LogP contribution in [0.4, 0.5) is 0 Å². The van der Waals surface area contributed by atoms with Crippen molar-refractivity contribution < 1.29 is 9.53 Å². The fourth-order valence-electron chi connectivity index (χ4n) is 3.11. The number of fused-ring (bicyclic) bond motifs is 3. The molecule has 1 aromatic carbocycles. The third-order valence-corrected chi connectivity index (χ3v) is 4.26. The maximum atomic E-state index is 11.6. The van der Waals surface area contributed by atoms with Crippen LogP contribution in [-0.2, 0) is 28.0 Å². The second-order valence-electron chi connectivity index (χ2n) is 5.13. The number of carbonyl (C=O) groups excluding carboxylic acids is 1. The summed E-state index contributed by atoms with van der Waals surface area (Å²) in [7, 11) is 0. The lowest BCUT2D eigenvalue weighted by molar-refractivity contribution is -0.135. The van der Waals surface area contributed by atoms with E-state index in [2.05, 4.69) is 30.1 Å². The van der Waals surface area contributed by atoms with E-state index in [1.807, 2.05) is 6.92 Å². The fraction of sp³-hybridized carbons (Fsp3) is 0.438. The van der Waals surface area contributed by atoms with Crippen LogP contribution in [0.25, 0.3) is 10.9 Å². The third-order valence-electron chi connectivity index (χ3n) is 4.26. The number of aryl methyl sites for hydroxylation is 1. The Hall–Kier alpha value is -1.61. The molecule has 0 saturated heterocycles. The molecule has 1 atom stereocenters. The smallest absolute Gasteiger partial charge is 0.163 e. The number of benzene rings is 1. The molecular weight excluding hydrogens is 238 g/mol. The topological polar surface area (TPSA) is 42.1 Å². The van der Waals surface area contributed by atoms with Gasteiger partial charge in [-0.3, -0.25) is 4.79 Å². The third kappa shape index (κ3) is 1.65. The van der Waals surface area contributed by atoms with Crippen LogP contribution in [0.2, 0.25) is 0 Å². The van der Waals surface area contributed by atoms with Crippen LogP contribution in [0.1, 0.15) is 37.1 Å². The minimum absolute atomic E-state index is 0.614. The normalized spacial score (nSPS) is 22.4. The van der Waals surface area contributed by atoms with Gasteiger partial charge in [-0.25, -0.2) is 0 Å². The standard InChI is InChI=1S/C16H19NO2/c1-3-11-6-5-7-12-13-8-9-19-16(4-2,10-18)15(13)17-14(11)12/h5-7,10,17H,3-4,8-9H2,1-2H3/t16-/m0/s1. The van der Waals surface area contributed by atoms with Crippen molar-refractivity contribution in [2.45, 2.75) is 38.7 Å². The van der Waals surface area contributed by atoms with Crippen LogP contribution in [-0.4, -0.2) is 17.9 Å². The van der Waals surface area contributed by atoms with Gasteiger partial charge in [-0.1, -0.05) is 32.0 Å². The summed E-state index contributed by atoms with van der Waals surface area (Å²) in [4.78, 5) is 15.0. The van der Waals surface area contributed by atoms with Gasteiger partial charge in [-0.2, -0.15) is 0 Å². The van der Waals surface area contributed by atoms with Crippen LogP contribution < -0.4 is 0 Å². The molecule has 1 aliphatic rings. The first-order chi connectivity index (χ1) is 9.25. The Morgan fingerprint density at radius 1 is 1.42 bits per heavy atom. The summed E-state index contributed by atoms with van der Waals surface area (Å²) >= 11 is 0. The summed E-state index contributed by atoms with van der Waals surface area (Å²) < 4.78 is 5.79. The van der Waals surface area contributed by atoms with Crippen LogP contribution in [0.3, 0.4) is 0 Å². The minimum Gasteiger partial charge on any atom is -0.361 e. The van der Waals surface area contributed by atoms with Gasteiger partial charge in [0.15, 0.2) is 11.9 Å². The van der Waals surface area contributed by atoms with Crippen LogP contribution in [0.5, 0.6) is 0 Å². The predicted octanol–water partition coefficient (Wildman–Crippen LogP) is 3.11. The van der Waals surface area contributed by atoms with E-state index >= 15 is 0 Å². The lowest BCUT2D eigenvalue weighted by Gasteiger charge is -2.31. The van der Waals surface area contributed by atoms with Gasteiger partial charge in [0, 0.05) is 10.9 Å². The Balaban J connectivity index is 2.32. The van der Waals surface area contributed by atoms with Gasteiger partial charge < -0.3 is 9.72 Å². The highest BCUT2D eigenvalue weighted by atomic mass is 16.5. The molecule has 1 aliphatic heterocycles. The number of para-hydroxylation sites is 1. The summed E-state index contributed by atoms with van der Waals surface area (Å²) in [5, 5.41) is 1.25. The lowest BCUT2D eigenvalue weighted by atomic mass is 9.90. The predicted molar refractivity (Wildman–Crippen MR) is 75.4 cm³/mol. The van der Waals surface area contributed by atoms with E-state index in [1.54, 1.807) is 0 Å². The van der Waals surface area contributed by atoms with Crippen molar-refractivity contribution in [1.29, 1.82) is 0 Å². The lowest BCUT2D eigenvalue weighted by Crippen LogP contribution is -2.36. The zero-order valence-corrected chi connectivity index (χ0v) is 11.5. The molecule has 3 rings (SSSR count). The SMILES string of the molecule is CCc1cccc2c3c([nH]c12)[C@@](C=O)(CC)OCC3. The second kappa shape index (κ2) is 4.49. The first-order valence-corrected chi connectivity index (χ1v) is 6.99. The van der Waals surface area contributed by atoms with Crippen molar-refractivity contribution in [3.8, 4) is 0 Å². The van der Waals surface area contributed by atoms with Crippen molar-refractivity contribution in [2.24, 2.45) is 0 Å². The van der Waals surface area contributed by atoms with E-state index in [1.165, 1.54) is 22.0 Å². The molecule has 0 fully saturated rings. The number of aromatic amines is 1. The largest absolute Gasteiger partial charge is 0.361 e. The molecule has 0 radical (unpaired) electrons. The Morgan fingerprint density at radius 2 is 2.26 bits per heavy atom. The zero-order valence-electron chi connectivity index (χ0n) is 11.5. The first-order valence-electron chi connectivity index (χ1n) is 6.99. The van der Waals surface area contributed by atoms with Crippen LogP contribution >= 0.6 is 0 Å². The number of hydrogen-bond acceptors (Lipinski definition) is 2. The number of H-pyrrole nitrogens is 1. The number of hydrogen-bond donors (Lipinski definition) is 1. The highest BCUT2D eigenvalue weighted by Crippen LogP contribution is 2.38. The van der Waals surface area contributed by atoms with Gasteiger partial charge in [0.1, 0.15) is 0 Å². The molecule has 2 heterocycles. The Kier molecular flexibility index (Phi) is 2.94. The summed E-state index contributed by atoms with van der Waals surface area (Å²) in [6.07, 6.45) is 3.47. The molecule has 2 aromatic rings. The number of nitrogens with one attached hydrogen (secondary N) is 1. The van der Waals surface area contributed by atoms with Crippen molar-refractivity contribution in [3.63, 3.8) is 0 Å². The molecule has 0 bridgehead atoms. The van der Waals surface area contributed by atoms with Crippen molar-refractivity contribution in [1.82, 2.24) is 4.98 Å². The zero-order chi connectivity index (χ0) is 13.5. The number of rotatable bonds is 3. The first kappa shape index (κ1) is 12.4. The van der Waals surface area contributed by atoms with Crippen molar-refractivity contribution in [2.75, 3.05) is 6.61 Å². The average Bonchev–Trinajstić information content (AvgIpc) is 2.86. The fourth-order valence-corrected chi connectivity index (χ4v) is 3.11. The Labute approximate surface area is 113 Å². The quantitative estimate of drug-likeness (QED) is 0.858. The van der Waals surface area contributed by atoms with Crippen LogP contribution in [0, 0.1) is 0 Å². The summed E-state index contributed by atoms with van der Waals surface area (Å²) in [6.45, 7) is 4.76. The van der Waals surface area contributed by atoms with E-state index in [4.69, 9.17) is 4.74 Å². The van der Waals surface area contributed by atoms with Crippen molar-refractivity contribution in [3.05, 3.63) is 35.0 Å².